The Balaban J connectivity index is 1.45. The summed E-state index contributed by atoms with van der Waals surface area (Å²) in [6.45, 7) is 0.245. The standard InChI is InChI=1S/C34H30O10/c1-37-27-12-20(7-5-19-6-9-25-31(11-19)43-17-41-25)22(14-28(27)38-2)23-15-29(39-3)30(40-4)16-24(23)34(36)33(35)21-8-10-26-32(13-21)44-18-42-26/h6,8-16H,5,7,17-18H2,1-4H3. The molecule has 0 fully saturated rings. The molecule has 2 aliphatic heterocycles. The van der Waals surface area contributed by atoms with Gasteiger partial charge in [-0.25, -0.2) is 0 Å². The number of methoxy groups -OCH3 is 4. The number of rotatable bonds is 11. The molecule has 0 unspecified atom stereocenters. The number of ether oxygens (including phenoxy) is 8. The third-order valence-electron chi connectivity index (χ3n) is 7.63. The Hall–Kier alpha value is -5.38. The van der Waals surface area contributed by atoms with Crippen molar-refractivity contribution in [2.24, 2.45) is 0 Å². The van der Waals surface area contributed by atoms with E-state index in [1.165, 1.54) is 33.5 Å². The highest BCUT2D eigenvalue weighted by Crippen LogP contribution is 2.43. The second-order valence-electron chi connectivity index (χ2n) is 10.0. The molecular formula is C34H30O10. The molecule has 10 nitrogen and oxygen atoms in total. The maximum atomic E-state index is 14.0. The Morgan fingerprint density at radius 2 is 1.11 bits per heavy atom. The molecule has 0 saturated carbocycles. The fourth-order valence-corrected chi connectivity index (χ4v) is 5.33. The number of ketones is 2. The van der Waals surface area contributed by atoms with Gasteiger partial charge in [-0.05, 0) is 89.7 Å². The average Bonchev–Trinajstić information content (AvgIpc) is 3.74. The molecular weight excluding hydrogens is 568 g/mol. The summed E-state index contributed by atoms with van der Waals surface area (Å²) in [6, 6.07) is 17.4. The van der Waals surface area contributed by atoms with Crippen LogP contribution >= 0.6 is 0 Å². The largest absolute Gasteiger partial charge is 0.493 e. The fraction of sp³-hybridized carbons (Fsp3) is 0.235. The van der Waals surface area contributed by atoms with Crippen molar-refractivity contribution in [3.8, 4) is 57.1 Å². The Morgan fingerprint density at radius 3 is 1.77 bits per heavy atom. The van der Waals surface area contributed by atoms with E-state index in [9.17, 15) is 9.59 Å². The number of carbonyl (C=O) groups excluding carboxylic acids is 2. The monoisotopic (exact) mass is 598 g/mol. The van der Waals surface area contributed by atoms with Gasteiger partial charge >= 0.3 is 0 Å². The van der Waals surface area contributed by atoms with E-state index in [4.69, 9.17) is 37.9 Å². The van der Waals surface area contributed by atoms with Crippen LogP contribution in [-0.4, -0.2) is 53.6 Å². The van der Waals surface area contributed by atoms with Crippen LogP contribution < -0.4 is 37.9 Å². The smallest absolute Gasteiger partial charge is 0.234 e. The molecule has 0 bridgehead atoms. The number of Topliss-reactive ketones (excluding diaryl/α,β-unsaturated/α-hetero) is 2. The van der Waals surface area contributed by atoms with Crippen molar-refractivity contribution < 1.29 is 47.5 Å². The van der Waals surface area contributed by atoms with Crippen molar-refractivity contribution >= 4 is 11.6 Å². The summed E-state index contributed by atoms with van der Waals surface area (Å²) in [6.07, 6.45) is 1.21. The topological polar surface area (TPSA) is 108 Å². The minimum atomic E-state index is -0.726. The van der Waals surface area contributed by atoms with Crippen LogP contribution in [-0.2, 0) is 12.8 Å². The molecule has 0 aromatic heterocycles. The minimum Gasteiger partial charge on any atom is -0.493 e. The highest BCUT2D eigenvalue weighted by Gasteiger charge is 2.28. The Kier molecular flexibility index (Phi) is 7.89. The van der Waals surface area contributed by atoms with Crippen LogP contribution in [0.3, 0.4) is 0 Å². The molecule has 2 aliphatic rings. The summed E-state index contributed by atoms with van der Waals surface area (Å²) in [5.74, 6) is 2.58. The Labute approximate surface area is 253 Å². The lowest BCUT2D eigenvalue weighted by Crippen LogP contribution is -2.16. The maximum Gasteiger partial charge on any atom is 0.234 e. The molecule has 0 saturated heterocycles. The molecule has 6 rings (SSSR count). The maximum absolute atomic E-state index is 14.0. The van der Waals surface area contributed by atoms with E-state index >= 15 is 0 Å². The van der Waals surface area contributed by atoms with E-state index in [0.717, 1.165) is 11.1 Å². The number of aryl methyl sites for hydroxylation is 2. The molecule has 4 aromatic rings. The van der Waals surface area contributed by atoms with Crippen LogP contribution in [0.15, 0.2) is 60.7 Å². The number of hydrogen-bond acceptors (Lipinski definition) is 10. The van der Waals surface area contributed by atoms with Crippen LogP contribution in [0.1, 0.15) is 31.8 Å². The second-order valence-corrected chi connectivity index (χ2v) is 10.0. The molecule has 0 spiro atoms. The second kappa shape index (κ2) is 12.1. The van der Waals surface area contributed by atoms with Gasteiger partial charge in [-0.1, -0.05) is 6.07 Å². The quantitative estimate of drug-likeness (QED) is 0.158. The van der Waals surface area contributed by atoms with E-state index in [1.807, 2.05) is 24.3 Å². The van der Waals surface area contributed by atoms with Crippen molar-refractivity contribution in [2.75, 3.05) is 42.0 Å². The van der Waals surface area contributed by atoms with E-state index in [0.29, 0.717) is 70.0 Å². The van der Waals surface area contributed by atoms with E-state index in [-0.39, 0.29) is 24.7 Å². The van der Waals surface area contributed by atoms with Crippen LogP contribution in [0.4, 0.5) is 0 Å². The van der Waals surface area contributed by atoms with Gasteiger partial charge < -0.3 is 37.9 Å². The first-order valence-electron chi connectivity index (χ1n) is 13.8. The number of fused-ring (bicyclic) bond motifs is 2. The molecule has 0 radical (unpaired) electrons. The van der Waals surface area contributed by atoms with E-state index < -0.39 is 11.6 Å². The van der Waals surface area contributed by atoms with Crippen LogP contribution in [0.5, 0.6) is 46.0 Å². The van der Waals surface area contributed by atoms with E-state index in [1.54, 1.807) is 31.4 Å². The summed E-state index contributed by atoms with van der Waals surface area (Å²) in [5, 5.41) is 0. The van der Waals surface area contributed by atoms with Gasteiger partial charge in [0.1, 0.15) is 0 Å². The number of hydrogen-bond donors (Lipinski definition) is 0. The van der Waals surface area contributed by atoms with Crippen LogP contribution in [0, 0.1) is 0 Å². The third-order valence-corrected chi connectivity index (χ3v) is 7.63. The first-order chi connectivity index (χ1) is 21.4. The lowest BCUT2D eigenvalue weighted by atomic mass is 9.88. The molecule has 0 N–H and O–H groups in total. The zero-order valence-electron chi connectivity index (χ0n) is 24.7. The molecule has 0 aliphatic carbocycles. The zero-order chi connectivity index (χ0) is 30.8. The summed E-state index contributed by atoms with van der Waals surface area (Å²) < 4.78 is 44.2. The van der Waals surface area contributed by atoms with Gasteiger partial charge in [-0.15, -0.1) is 0 Å². The van der Waals surface area contributed by atoms with Crippen molar-refractivity contribution in [2.45, 2.75) is 12.8 Å². The highest BCUT2D eigenvalue weighted by molar-refractivity contribution is 6.50. The van der Waals surface area contributed by atoms with E-state index in [2.05, 4.69) is 0 Å². The van der Waals surface area contributed by atoms with Gasteiger partial charge in [-0.2, -0.15) is 0 Å². The molecule has 44 heavy (non-hydrogen) atoms. The molecule has 4 aromatic carbocycles. The Morgan fingerprint density at radius 1 is 0.568 bits per heavy atom. The summed E-state index contributed by atoms with van der Waals surface area (Å²) >= 11 is 0. The normalized spacial score (nSPS) is 12.5. The third kappa shape index (κ3) is 5.30. The minimum absolute atomic E-state index is 0.0507. The zero-order valence-corrected chi connectivity index (χ0v) is 24.7. The van der Waals surface area contributed by atoms with Gasteiger partial charge in [-0.3, -0.25) is 9.59 Å². The molecule has 0 amide bonds. The lowest BCUT2D eigenvalue weighted by molar-refractivity contribution is 0.0817. The number of carbonyl (C=O) groups is 2. The predicted molar refractivity (Wildman–Crippen MR) is 159 cm³/mol. The van der Waals surface area contributed by atoms with Gasteiger partial charge in [0.15, 0.2) is 46.0 Å². The van der Waals surface area contributed by atoms with Crippen LogP contribution in [0.25, 0.3) is 11.1 Å². The SMILES string of the molecule is COc1cc(CCc2ccc3c(c2)OCO3)c(-c2cc(OC)c(OC)cc2C(=O)C(=O)c2ccc3c(c2)OCO3)cc1OC. The van der Waals surface area contributed by atoms with Crippen LogP contribution in [0.2, 0.25) is 0 Å². The first kappa shape index (κ1) is 28.7. The highest BCUT2D eigenvalue weighted by atomic mass is 16.7. The van der Waals surface area contributed by atoms with Crippen molar-refractivity contribution in [3.05, 3.63) is 82.9 Å². The Bertz CT molecular complexity index is 1760. The van der Waals surface area contributed by atoms with Crippen molar-refractivity contribution in [1.82, 2.24) is 0 Å². The fourth-order valence-electron chi connectivity index (χ4n) is 5.33. The first-order valence-corrected chi connectivity index (χ1v) is 13.8. The van der Waals surface area contributed by atoms with Gasteiger partial charge in [0, 0.05) is 11.1 Å². The summed E-state index contributed by atoms with van der Waals surface area (Å²) in [7, 11) is 6.08. The van der Waals surface area contributed by atoms with Crippen molar-refractivity contribution in [3.63, 3.8) is 0 Å². The predicted octanol–water partition coefficient (Wildman–Crippen LogP) is 5.70. The van der Waals surface area contributed by atoms with Gasteiger partial charge in [0.25, 0.3) is 0 Å². The average molecular weight is 599 g/mol. The lowest BCUT2D eigenvalue weighted by Gasteiger charge is -2.19. The molecule has 2 heterocycles. The van der Waals surface area contributed by atoms with Gasteiger partial charge in [0.2, 0.25) is 25.2 Å². The summed E-state index contributed by atoms with van der Waals surface area (Å²) in [5.41, 5.74) is 3.36. The van der Waals surface area contributed by atoms with Crippen molar-refractivity contribution in [1.29, 1.82) is 0 Å². The summed E-state index contributed by atoms with van der Waals surface area (Å²) in [4.78, 5) is 27.6. The number of benzene rings is 4. The molecule has 226 valence electrons. The molecule has 0 atom stereocenters. The molecule has 10 heteroatoms. The van der Waals surface area contributed by atoms with Gasteiger partial charge in [0.05, 0.1) is 28.4 Å².